The van der Waals surface area contributed by atoms with E-state index in [1.165, 1.54) is 0 Å². The van der Waals surface area contributed by atoms with E-state index < -0.39 is 0 Å². The third-order valence-electron chi connectivity index (χ3n) is 2.34. The zero-order chi connectivity index (χ0) is 11.8. The standard InChI is InChI=1S/C12H19BrN2O/c1-16-9-12(3-2-8-14)15-11-6-4-10(13)5-7-11/h4-7,12,15H,2-3,8-9,14H2,1H3. The molecule has 1 unspecified atom stereocenters. The molecule has 0 aromatic heterocycles. The fourth-order valence-corrected chi connectivity index (χ4v) is 1.81. The molecule has 90 valence electrons. The number of nitrogens with one attached hydrogen (secondary N) is 1. The van der Waals surface area contributed by atoms with Crippen molar-refractivity contribution in [3.05, 3.63) is 28.7 Å². The number of methoxy groups -OCH3 is 1. The van der Waals surface area contributed by atoms with Gasteiger partial charge in [0.25, 0.3) is 0 Å². The molecule has 0 spiro atoms. The number of rotatable bonds is 7. The maximum atomic E-state index is 5.51. The van der Waals surface area contributed by atoms with Crippen LogP contribution in [0.3, 0.4) is 0 Å². The zero-order valence-electron chi connectivity index (χ0n) is 9.58. The Morgan fingerprint density at radius 3 is 2.62 bits per heavy atom. The van der Waals surface area contributed by atoms with Crippen LogP contribution in [0.4, 0.5) is 5.69 Å². The van der Waals surface area contributed by atoms with Crippen molar-refractivity contribution in [2.75, 3.05) is 25.6 Å². The highest BCUT2D eigenvalue weighted by Gasteiger charge is 2.07. The summed E-state index contributed by atoms with van der Waals surface area (Å²) in [5.41, 5.74) is 6.62. The summed E-state index contributed by atoms with van der Waals surface area (Å²) in [5.74, 6) is 0. The molecule has 0 radical (unpaired) electrons. The van der Waals surface area contributed by atoms with Gasteiger partial charge in [-0.15, -0.1) is 0 Å². The molecule has 16 heavy (non-hydrogen) atoms. The maximum absolute atomic E-state index is 5.51. The Morgan fingerprint density at radius 2 is 2.06 bits per heavy atom. The molecule has 0 saturated carbocycles. The topological polar surface area (TPSA) is 47.3 Å². The molecular weight excluding hydrogens is 268 g/mol. The third kappa shape index (κ3) is 4.96. The highest BCUT2D eigenvalue weighted by atomic mass is 79.9. The Morgan fingerprint density at radius 1 is 1.38 bits per heavy atom. The molecular formula is C12H19BrN2O. The van der Waals surface area contributed by atoms with Crippen LogP contribution < -0.4 is 11.1 Å². The average Bonchev–Trinajstić information content (AvgIpc) is 2.29. The van der Waals surface area contributed by atoms with Gasteiger partial charge in [-0.25, -0.2) is 0 Å². The van der Waals surface area contributed by atoms with Crippen LogP contribution in [-0.2, 0) is 4.74 Å². The summed E-state index contributed by atoms with van der Waals surface area (Å²) in [6.07, 6.45) is 2.04. The fraction of sp³-hybridized carbons (Fsp3) is 0.500. The van der Waals surface area contributed by atoms with Crippen LogP contribution in [0, 0.1) is 0 Å². The maximum Gasteiger partial charge on any atom is 0.0664 e. The summed E-state index contributed by atoms with van der Waals surface area (Å²) in [7, 11) is 1.72. The minimum atomic E-state index is 0.328. The largest absolute Gasteiger partial charge is 0.383 e. The number of hydrogen-bond donors (Lipinski definition) is 2. The zero-order valence-corrected chi connectivity index (χ0v) is 11.2. The van der Waals surface area contributed by atoms with E-state index in [1.54, 1.807) is 7.11 Å². The average molecular weight is 287 g/mol. The molecule has 0 heterocycles. The number of halogens is 1. The van der Waals surface area contributed by atoms with Gasteiger partial charge in [0.2, 0.25) is 0 Å². The van der Waals surface area contributed by atoms with E-state index in [0.29, 0.717) is 12.6 Å². The van der Waals surface area contributed by atoms with Gasteiger partial charge in [0.05, 0.1) is 6.61 Å². The van der Waals surface area contributed by atoms with Crippen molar-refractivity contribution >= 4 is 21.6 Å². The minimum absolute atomic E-state index is 0.328. The minimum Gasteiger partial charge on any atom is -0.383 e. The van der Waals surface area contributed by atoms with E-state index >= 15 is 0 Å². The molecule has 0 aliphatic heterocycles. The van der Waals surface area contributed by atoms with Gasteiger partial charge < -0.3 is 15.8 Å². The van der Waals surface area contributed by atoms with Gasteiger partial charge in [0.15, 0.2) is 0 Å². The fourth-order valence-electron chi connectivity index (χ4n) is 1.54. The van der Waals surface area contributed by atoms with Gasteiger partial charge in [-0.05, 0) is 43.7 Å². The van der Waals surface area contributed by atoms with E-state index in [0.717, 1.165) is 29.5 Å². The number of ether oxygens (including phenoxy) is 1. The highest BCUT2D eigenvalue weighted by molar-refractivity contribution is 9.10. The first kappa shape index (κ1) is 13.5. The van der Waals surface area contributed by atoms with Crippen molar-refractivity contribution in [3.8, 4) is 0 Å². The molecule has 3 nitrogen and oxygen atoms in total. The van der Waals surface area contributed by atoms with E-state index in [-0.39, 0.29) is 0 Å². The number of hydrogen-bond acceptors (Lipinski definition) is 3. The lowest BCUT2D eigenvalue weighted by Gasteiger charge is -2.18. The Labute approximate surface area is 105 Å². The van der Waals surface area contributed by atoms with Crippen molar-refractivity contribution in [3.63, 3.8) is 0 Å². The monoisotopic (exact) mass is 286 g/mol. The SMILES string of the molecule is COCC(CCCN)Nc1ccc(Br)cc1. The molecule has 0 aliphatic rings. The Kier molecular flexibility index (Phi) is 6.45. The van der Waals surface area contributed by atoms with Crippen molar-refractivity contribution in [1.29, 1.82) is 0 Å². The van der Waals surface area contributed by atoms with Crippen LogP contribution in [0.15, 0.2) is 28.7 Å². The lowest BCUT2D eigenvalue weighted by Crippen LogP contribution is -2.25. The molecule has 4 heteroatoms. The number of nitrogens with two attached hydrogens (primary N) is 1. The second-order valence-corrected chi connectivity index (χ2v) is 4.65. The van der Waals surface area contributed by atoms with Gasteiger partial charge in [-0.2, -0.15) is 0 Å². The molecule has 1 aromatic carbocycles. The first-order chi connectivity index (χ1) is 7.76. The van der Waals surface area contributed by atoms with Gasteiger partial charge in [0.1, 0.15) is 0 Å². The summed E-state index contributed by atoms with van der Waals surface area (Å²) in [6.45, 7) is 1.43. The second-order valence-electron chi connectivity index (χ2n) is 3.73. The lowest BCUT2D eigenvalue weighted by atomic mass is 10.1. The van der Waals surface area contributed by atoms with Gasteiger partial charge in [-0.1, -0.05) is 15.9 Å². The molecule has 0 fully saturated rings. The molecule has 0 amide bonds. The Hall–Kier alpha value is -0.580. The molecule has 3 N–H and O–H groups in total. The predicted octanol–water partition coefficient (Wildman–Crippen LogP) is 2.61. The summed E-state index contributed by atoms with van der Waals surface area (Å²) in [4.78, 5) is 0. The normalized spacial score (nSPS) is 12.4. The lowest BCUT2D eigenvalue weighted by molar-refractivity contribution is 0.182. The molecule has 0 saturated heterocycles. The van der Waals surface area contributed by atoms with Crippen molar-refractivity contribution in [2.45, 2.75) is 18.9 Å². The van der Waals surface area contributed by atoms with Crippen LogP contribution in [0.1, 0.15) is 12.8 Å². The summed E-state index contributed by atoms with van der Waals surface area (Å²) >= 11 is 3.42. The second kappa shape index (κ2) is 7.65. The molecule has 1 atom stereocenters. The van der Waals surface area contributed by atoms with Crippen molar-refractivity contribution in [1.82, 2.24) is 0 Å². The smallest absolute Gasteiger partial charge is 0.0664 e. The predicted molar refractivity (Wildman–Crippen MR) is 71.7 cm³/mol. The summed E-state index contributed by atoms with van der Waals surface area (Å²) < 4.78 is 6.27. The van der Waals surface area contributed by atoms with Gasteiger partial charge in [-0.3, -0.25) is 0 Å². The van der Waals surface area contributed by atoms with Gasteiger partial charge in [0, 0.05) is 23.3 Å². The molecule has 0 aliphatic carbocycles. The quantitative estimate of drug-likeness (QED) is 0.810. The van der Waals surface area contributed by atoms with E-state index in [2.05, 4.69) is 33.4 Å². The highest BCUT2D eigenvalue weighted by Crippen LogP contribution is 2.16. The van der Waals surface area contributed by atoms with Crippen LogP contribution in [0.5, 0.6) is 0 Å². The molecule has 0 bridgehead atoms. The van der Waals surface area contributed by atoms with Crippen molar-refractivity contribution in [2.24, 2.45) is 5.73 Å². The number of anilines is 1. The van der Waals surface area contributed by atoms with E-state index in [9.17, 15) is 0 Å². The third-order valence-corrected chi connectivity index (χ3v) is 2.87. The molecule has 1 rings (SSSR count). The number of benzene rings is 1. The van der Waals surface area contributed by atoms with Crippen molar-refractivity contribution < 1.29 is 4.74 Å². The van der Waals surface area contributed by atoms with Crippen LogP contribution >= 0.6 is 15.9 Å². The Bertz CT molecular complexity index is 290. The first-order valence-electron chi connectivity index (χ1n) is 5.47. The first-order valence-corrected chi connectivity index (χ1v) is 6.26. The summed E-state index contributed by atoms with van der Waals surface area (Å²) in [5, 5.41) is 3.44. The van der Waals surface area contributed by atoms with E-state index in [1.807, 2.05) is 12.1 Å². The summed E-state index contributed by atoms with van der Waals surface area (Å²) in [6, 6.07) is 8.48. The van der Waals surface area contributed by atoms with Gasteiger partial charge >= 0.3 is 0 Å². The Balaban J connectivity index is 2.49. The molecule has 1 aromatic rings. The van der Waals surface area contributed by atoms with Crippen LogP contribution in [0.25, 0.3) is 0 Å². The van der Waals surface area contributed by atoms with Crippen LogP contribution in [-0.4, -0.2) is 26.3 Å². The van der Waals surface area contributed by atoms with Crippen LogP contribution in [0.2, 0.25) is 0 Å². The van der Waals surface area contributed by atoms with E-state index in [4.69, 9.17) is 10.5 Å².